The molecule has 0 fully saturated rings. The number of carbonyl (C=O) groups is 1. The third-order valence-corrected chi connectivity index (χ3v) is 4.53. The predicted molar refractivity (Wildman–Crippen MR) is 97.4 cm³/mol. The Bertz CT molecular complexity index is 814. The quantitative estimate of drug-likeness (QED) is 0.849. The van der Waals surface area contributed by atoms with Gasteiger partial charge in [0.25, 0.3) is 5.91 Å². The van der Waals surface area contributed by atoms with Crippen molar-refractivity contribution in [2.75, 3.05) is 25.5 Å². The molecule has 26 heavy (non-hydrogen) atoms. The maximum atomic E-state index is 12.5. The molecule has 3 atom stereocenters. The molecule has 0 aromatic heterocycles. The van der Waals surface area contributed by atoms with Crippen LogP contribution in [0.3, 0.4) is 0 Å². The van der Waals surface area contributed by atoms with E-state index in [1.54, 1.807) is 24.3 Å². The minimum atomic E-state index is -0.258. The highest BCUT2D eigenvalue weighted by molar-refractivity contribution is 5.93. The third kappa shape index (κ3) is 4.13. The van der Waals surface area contributed by atoms with Gasteiger partial charge in [-0.3, -0.25) is 4.79 Å². The highest BCUT2D eigenvalue weighted by Crippen LogP contribution is 2.30. The van der Waals surface area contributed by atoms with Gasteiger partial charge in [0.1, 0.15) is 13.2 Å². The number of fused-ring (bicyclic) bond motifs is 1. The molecular formula is C20H22N3O3+. The summed E-state index contributed by atoms with van der Waals surface area (Å²) in [5.41, 5.74) is 1.24. The summed E-state index contributed by atoms with van der Waals surface area (Å²) in [5.74, 6) is 1.42. The van der Waals surface area contributed by atoms with Crippen LogP contribution >= 0.6 is 0 Å². The number of likely N-dealkylation sites (N-methyl/N-ethyl adjacent to an activating group) is 1. The van der Waals surface area contributed by atoms with Crippen LogP contribution in [-0.2, 0) is 4.79 Å². The fourth-order valence-corrected chi connectivity index (χ4v) is 2.80. The molecule has 6 heteroatoms. The van der Waals surface area contributed by atoms with Gasteiger partial charge in [0.15, 0.2) is 23.6 Å². The summed E-state index contributed by atoms with van der Waals surface area (Å²) >= 11 is 0. The largest absolute Gasteiger partial charge is 0.486 e. The number of anilines is 1. The van der Waals surface area contributed by atoms with Crippen molar-refractivity contribution in [3.63, 3.8) is 0 Å². The summed E-state index contributed by atoms with van der Waals surface area (Å²) < 4.78 is 11.7. The first-order valence-electron chi connectivity index (χ1n) is 8.58. The Morgan fingerprint density at radius 1 is 1.27 bits per heavy atom. The summed E-state index contributed by atoms with van der Waals surface area (Å²) in [4.78, 5) is 13.5. The van der Waals surface area contributed by atoms with Crippen LogP contribution in [-0.4, -0.2) is 38.3 Å². The Morgan fingerprint density at radius 3 is 2.65 bits per heavy atom. The molecule has 3 rings (SSSR count). The van der Waals surface area contributed by atoms with E-state index < -0.39 is 0 Å². The van der Waals surface area contributed by atoms with Crippen molar-refractivity contribution < 1.29 is 19.2 Å². The number of benzene rings is 2. The molecule has 1 amide bonds. The number of carbonyl (C=O) groups excluding carboxylic acids is 1. The molecule has 1 aliphatic heterocycles. The van der Waals surface area contributed by atoms with Crippen LogP contribution in [0.15, 0.2) is 48.5 Å². The van der Waals surface area contributed by atoms with Crippen LogP contribution in [0.25, 0.3) is 0 Å². The molecule has 0 radical (unpaired) electrons. The number of para-hydroxylation sites is 2. The average molecular weight is 352 g/mol. The molecule has 0 aliphatic carbocycles. The molecule has 0 saturated heterocycles. The molecule has 1 aliphatic rings. The monoisotopic (exact) mass is 352 g/mol. The van der Waals surface area contributed by atoms with Crippen molar-refractivity contribution in [1.29, 1.82) is 5.26 Å². The van der Waals surface area contributed by atoms with E-state index in [0.29, 0.717) is 24.4 Å². The SMILES string of the molecule is C[C@H](C(=O)Nc1ccc(C#N)cc1)[NH+](C)C[C@@H]1COc2ccccc2O1. The predicted octanol–water partition coefficient (Wildman–Crippen LogP) is 1.24. The van der Waals surface area contributed by atoms with E-state index in [9.17, 15) is 4.79 Å². The smallest absolute Gasteiger partial charge is 0.282 e. The second kappa shape index (κ2) is 7.89. The Kier molecular flexibility index (Phi) is 5.40. The highest BCUT2D eigenvalue weighted by Gasteiger charge is 2.28. The second-order valence-electron chi connectivity index (χ2n) is 6.45. The molecule has 2 aromatic carbocycles. The first-order valence-corrected chi connectivity index (χ1v) is 8.58. The lowest BCUT2D eigenvalue weighted by Crippen LogP contribution is -3.15. The maximum absolute atomic E-state index is 12.5. The first kappa shape index (κ1) is 17.8. The molecule has 6 nitrogen and oxygen atoms in total. The Morgan fingerprint density at radius 2 is 1.96 bits per heavy atom. The van der Waals surface area contributed by atoms with Crippen molar-refractivity contribution in [1.82, 2.24) is 0 Å². The third-order valence-electron chi connectivity index (χ3n) is 4.53. The van der Waals surface area contributed by atoms with Gasteiger partial charge in [0.05, 0.1) is 18.7 Å². The van der Waals surface area contributed by atoms with Crippen molar-refractivity contribution in [3.8, 4) is 17.6 Å². The van der Waals surface area contributed by atoms with Crippen LogP contribution in [0.1, 0.15) is 12.5 Å². The summed E-state index contributed by atoms with van der Waals surface area (Å²) in [6, 6.07) is 16.2. The summed E-state index contributed by atoms with van der Waals surface area (Å²) in [5, 5.41) is 11.7. The van der Waals surface area contributed by atoms with Crippen LogP contribution in [0.5, 0.6) is 11.5 Å². The summed E-state index contributed by atoms with van der Waals surface area (Å²) in [7, 11) is 1.97. The van der Waals surface area contributed by atoms with E-state index in [1.807, 2.05) is 38.2 Å². The standard InChI is InChI=1S/C20H21N3O3/c1-14(20(24)22-16-9-7-15(11-21)8-10-16)23(2)12-17-13-25-18-5-3-4-6-19(18)26-17/h3-10,14,17H,12-13H2,1-2H3,(H,22,24)/p+1/t14-,17-/m1/s1. The lowest BCUT2D eigenvalue weighted by molar-refractivity contribution is -0.896. The van der Waals surface area contributed by atoms with Crippen LogP contribution < -0.4 is 19.7 Å². The Hall–Kier alpha value is -3.04. The topological polar surface area (TPSA) is 75.8 Å². The van der Waals surface area contributed by atoms with Gasteiger partial charge in [-0.15, -0.1) is 0 Å². The lowest BCUT2D eigenvalue weighted by Gasteiger charge is -2.29. The zero-order valence-electron chi connectivity index (χ0n) is 14.9. The van der Waals surface area contributed by atoms with Crippen LogP contribution in [0.4, 0.5) is 5.69 Å². The van der Waals surface area contributed by atoms with Gasteiger partial charge in [0, 0.05) is 5.69 Å². The van der Waals surface area contributed by atoms with Crippen molar-refractivity contribution in [3.05, 3.63) is 54.1 Å². The molecule has 0 spiro atoms. The zero-order valence-corrected chi connectivity index (χ0v) is 14.9. The number of amides is 1. The summed E-state index contributed by atoms with van der Waals surface area (Å²) in [6.07, 6.45) is -0.102. The molecule has 2 aromatic rings. The molecule has 0 saturated carbocycles. The fraction of sp³-hybridized carbons (Fsp3) is 0.300. The van der Waals surface area contributed by atoms with E-state index in [2.05, 4.69) is 11.4 Å². The minimum Gasteiger partial charge on any atom is -0.486 e. The van der Waals surface area contributed by atoms with E-state index in [-0.39, 0.29) is 18.1 Å². The van der Waals surface area contributed by atoms with Gasteiger partial charge < -0.3 is 19.7 Å². The van der Waals surface area contributed by atoms with E-state index in [1.165, 1.54) is 0 Å². The molecule has 1 heterocycles. The summed E-state index contributed by atoms with van der Waals surface area (Å²) in [6.45, 7) is 3.00. The van der Waals surface area contributed by atoms with E-state index in [4.69, 9.17) is 14.7 Å². The highest BCUT2D eigenvalue weighted by atomic mass is 16.6. The number of nitrogens with one attached hydrogen (secondary N) is 2. The number of hydrogen-bond donors (Lipinski definition) is 2. The number of hydrogen-bond acceptors (Lipinski definition) is 4. The van der Waals surface area contributed by atoms with Crippen molar-refractivity contribution in [2.24, 2.45) is 0 Å². The van der Waals surface area contributed by atoms with Gasteiger partial charge in [-0.2, -0.15) is 5.26 Å². The lowest BCUT2D eigenvalue weighted by atomic mass is 10.2. The number of quaternary nitrogens is 1. The first-order chi connectivity index (χ1) is 12.6. The van der Waals surface area contributed by atoms with Gasteiger partial charge in [-0.25, -0.2) is 0 Å². The number of nitriles is 1. The Balaban J connectivity index is 1.54. The number of nitrogens with zero attached hydrogens (tertiary/aromatic N) is 1. The van der Waals surface area contributed by atoms with Crippen molar-refractivity contribution >= 4 is 11.6 Å². The second-order valence-corrected chi connectivity index (χ2v) is 6.45. The fourth-order valence-electron chi connectivity index (χ4n) is 2.80. The van der Waals surface area contributed by atoms with E-state index >= 15 is 0 Å². The minimum absolute atomic E-state index is 0.0793. The molecule has 2 N–H and O–H groups in total. The van der Waals surface area contributed by atoms with Gasteiger partial charge in [0.2, 0.25) is 0 Å². The Labute approximate surface area is 152 Å². The number of rotatable bonds is 5. The van der Waals surface area contributed by atoms with Crippen molar-refractivity contribution in [2.45, 2.75) is 19.1 Å². The van der Waals surface area contributed by atoms with E-state index in [0.717, 1.165) is 16.4 Å². The number of ether oxygens (including phenoxy) is 2. The molecular weight excluding hydrogens is 330 g/mol. The van der Waals surface area contributed by atoms with Crippen LogP contribution in [0, 0.1) is 11.3 Å². The van der Waals surface area contributed by atoms with Gasteiger partial charge in [-0.1, -0.05) is 12.1 Å². The zero-order chi connectivity index (χ0) is 18.5. The van der Waals surface area contributed by atoms with Crippen LogP contribution in [0.2, 0.25) is 0 Å². The molecule has 134 valence electrons. The molecule has 1 unspecified atom stereocenters. The molecule has 0 bridgehead atoms. The normalized spacial score (nSPS) is 17.7. The average Bonchev–Trinajstić information content (AvgIpc) is 2.67. The van der Waals surface area contributed by atoms with Gasteiger partial charge >= 0.3 is 0 Å². The van der Waals surface area contributed by atoms with Gasteiger partial charge in [-0.05, 0) is 43.3 Å². The maximum Gasteiger partial charge on any atom is 0.282 e.